The van der Waals surface area contributed by atoms with Crippen molar-refractivity contribution in [2.45, 2.75) is 43.4 Å². The molecule has 0 bridgehead atoms. The predicted molar refractivity (Wildman–Crippen MR) is 69.7 cm³/mol. The molecular formula is C12H18ClNS. The van der Waals surface area contributed by atoms with Crippen molar-refractivity contribution in [3.05, 3.63) is 28.8 Å². The monoisotopic (exact) mass is 243 g/mol. The van der Waals surface area contributed by atoms with Gasteiger partial charge in [0.2, 0.25) is 0 Å². The molecule has 0 aliphatic carbocycles. The van der Waals surface area contributed by atoms with Crippen molar-refractivity contribution < 1.29 is 0 Å². The van der Waals surface area contributed by atoms with Crippen molar-refractivity contribution in [2.75, 3.05) is 0 Å². The molecule has 15 heavy (non-hydrogen) atoms. The van der Waals surface area contributed by atoms with Crippen molar-refractivity contribution in [3.63, 3.8) is 0 Å². The van der Waals surface area contributed by atoms with E-state index in [4.69, 9.17) is 17.3 Å². The maximum atomic E-state index is 6.20. The minimum absolute atomic E-state index is 0.393. The summed E-state index contributed by atoms with van der Waals surface area (Å²) in [5.74, 6) is 0. The Morgan fingerprint density at radius 2 is 1.93 bits per heavy atom. The summed E-state index contributed by atoms with van der Waals surface area (Å²) in [6, 6.07) is 5.96. The molecule has 2 N–H and O–H groups in total. The van der Waals surface area contributed by atoms with Crippen molar-refractivity contribution in [1.29, 1.82) is 0 Å². The van der Waals surface area contributed by atoms with E-state index < -0.39 is 5.54 Å². The van der Waals surface area contributed by atoms with Gasteiger partial charge in [0.25, 0.3) is 0 Å². The largest absolute Gasteiger partial charge is 0.322 e. The fourth-order valence-electron chi connectivity index (χ4n) is 1.48. The van der Waals surface area contributed by atoms with Gasteiger partial charge < -0.3 is 5.73 Å². The van der Waals surface area contributed by atoms with E-state index in [1.54, 1.807) is 11.8 Å². The normalized spacial score (nSPS) is 12.2. The van der Waals surface area contributed by atoms with Crippen LogP contribution in [0.25, 0.3) is 0 Å². The van der Waals surface area contributed by atoms with Gasteiger partial charge in [0.05, 0.1) is 0 Å². The molecule has 0 unspecified atom stereocenters. The SMILES string of the molecule is CC(C)Sc1cccc(Cl)c1C(C)(C)N. The van der Waals surface area contributed by atoms with Gasteiger partial charge in [0.1, 0.15) is 0 Å². The van der Waals surface area contributed by atoms with Gasteiger partial charge in [-0.05, 0) is 26.0 Å². The third-order valence-electron chi connectivity index (χ3n) is 1.98. The first-order valence-electron chi connectivity index (χ1n) is 5.07. The first kappa shape index (κ1) is 12.9. The number of hydrogen-bond donors (Lipinski definition) is 1. The highest BCUT2D eigenvalue weighted by Gasteiger charge is 2.22. The first-order valence-corrected chi connectivity index (χ1v) is 6.32. The zero-order valence-corrected chi connectivity index (χ0v) is 11.2. The molecular weight excluding hydrogens is 226 g/mol. The summed E-state index contributed by atoms with van der Waals surface area (Å²) in [4.78, 5) is 1.19. The highest BCUT2D eigenvalue weighted by Crippen LogP contribution is 2.36. The highest BCUT2D eigenvalue weighted by atomic mass is 35.5. The fraction of sp³-hybridized carbons (Fsp3) is 0.500. The van der Waals surface area contributed by atoms with E-state index >= 15 is 0 Å². The lowest BCUT2D eigenvalue weighted by Crippen LogP contribution is -2.29. The van der Waals surface area contributed by atoms with Crippen LogP contribution in [-0.4, -0.2) is 5.25 Å². The minimum atomic E-state index is -0.393. The summed E-state index contributed by atoms with van der Waals surface area (Å²) in [6.07, 6.45) is 0. The summed E-state index contributed by atoms with van der Waals surface area (Å²) in [6.45, 7) is 8.30. The van der Waals surface area contributed by atoms with Crippen LogP contribution in [0, 0.1) is 0 Å². The van der Waals surface area contributed by atoms with Crippen LogP contribution in [0.5, 0.6) is 0 Å². The van der Waals surface area contributed by atoms with E-state index in [1.807, 2.05) is 26.0 Å². The zero-order chi connectivity index (χ0) is 11.6. The standard InChI is InChI=1S/C12H18ClNS/c1-8(2)15-10-7-5-6-9(13)11(10)12(3,4)14/h5-8H,14H2,1-4H3. The van der Waals surface area contributed by atoms with Crippen LogP contribution in [0.2, 0.25) is 5.02 Å². The number of nitrogens with two attached hydrogens (primary N) is 1. The van der Waals surface area contributed by atoms with Gasteiger partial charge in [-0.1, -0.05) is 31.5 Å². The maximum absolute atomic E-state index is 6.20. The van der Waals surface area contributed by atoms with Gasteiger partial charge in [-0.3, -0.25) is 0 Å². The van der Waals surface area contributed by atoms with E-state index in [-0.39, 0.29) is 0 Å². The van der Waals surface area contributed by atoms with E-state index in [2.05, 4.69) is 19.9 Å². The van der Waals surface area contributed by atoms with Gasteiger partial charge in [-0.2, -0.15) is 0 Å². The molecule has 0 spiro atoms. The molecule has 0 fully saturated rings. The van der Waals surface area contributed by atoms with E-state index in [0.717, 1.165) is 10.6 Å². The van der Waals surface area contributed by atoms with Crippen molar-refractivity contribution in [1.82, 2.24) is 0 Å². The Labute approximate surface area is 101 Å². The Hall–Kier alpha value is -0.180. The van der Waals surface area contributed by atoms with Crippen LogP contribution in [0.3, 0.4) is 0 Å². The van der Waals surface area contributed by atoms with Crippen LogP contribution < -0.4 is 5.73 Å². The molecule has 0 aromatic heterocycles. The molecule has 84 valence electrons. The van der Waals surface area contributed by atoms with Gasteiger partial charge in [0, 0.05) is 26.3 Å². The topological polar surface area (TPSA) is 26.0 Å². The molecule has 3 heteroatoms. The van der Waals surface area contributed by atoms with Crippen LogP contribution in [0.1, 0.15) is 33.3 Å². The molecule has 1 aromatic rings. The summed E-state index contributed by atoms with van der Waals surface area (Å²) in [5.41, 5.74) is 6.79. The average molecular weight is 244 g/mol. The lowest BCUT2D eigenvalue weighted by Gasteiger charge is -2.24. The Kier molecular flexibility index (Phi) is 4.10. The molecule has 1 aromatic carbocycles. The summed E-state index contributed by atoms with van der Waals surface area (Å²) >= 11 is 8.01. The second-order valence-electron chi connectivity index (χ2n) is 4.50. The third kappa shape index (κ3) is 3.40. The number of thioether (sulfide) groups is 1. The van der Waals surface area contributed by atoms with Crippen molar-refractivity contribution >= 4 is 23.4 Å². The third-order valence-corrected chi connectivity index (χ3v) is 3.36. The molecule has 0 saturated heterocycles. The average Bonchev–Trinajstić information content (AvgIpc) is 1.99. The van der Waals surface area contributed by atoms with E-state index in [0.29, 0.717) is 5.25 Å². The van der Waals surface area contributed by atoms with Crippen LogP contribution in [-0.2, 0) is 5.54 Å². The first-order chi connectivity index (χ1) is 6.82. The summed E-state index contributed by atoms with van der Waals surface area (Å²) < 4.78 is 0. The molecule has 0 atom stereocenters. The lowest BCUT2D eigenvalue weighted by atomic mass is 9.95. The number of benzene rings is 1. The lowest BCUT2D eigenvalue weighted by molar-refractivity contribution is 0.543. The summed E-state index contributed by atoms with van der Waals surface area (Å²) in [5, 5.41) is 1.29. The van der Waals surface area contributed by atoms with E-state index in [9.17, 15) is 0 Å². The van der Waals surface area contributed by atoms with Gasteiger partial charge in [0.15, 0.2) is 0 Å². The molecule has 0 radical (unpaired) electrons. The minimum Gasteiger partial charge on any atom is -0.322 e. The summed E-state index contributed by atoms with van der Waals surface area (Å²) in [7, 11) is 0. The van der Waals surface area contributed by atoms with Crippen molar-refractivity contribution in [3.8, 4) is 0 Å². The number of rotatable bonds is 3. The van der Waals surface area contributed by atoms with Crippen LogP contribution >= 0.6 is 23.4 Å². The Morgan fingerprint density at radius 1 is 1.33 bits per heavy atom. The fourth-order valence-corrected chi connectivity index (χ4v) is 3.11. The Bertz CT molecular complexity index is 342. The van der Waals surface area contributed by atoms with Crippen molar-refractivity contribution in [2.24, 2.45) is 5.73 Å². The van der Waals surface area contributed by atoms with Gasteiger partial charge in [-0.25, -0.2) is 0 Å². The molecule has 0 saturated carbocycles. The van der Waals surface area contributed by atoms with Crippen LogP contribution in [0.15, 0.2) is 23.1 Å². The molecule has 1 rings (SSSR count). The van der Waals surface area contributed by atoms with E-state index in [1.165, 1.54) is 4.90 Å². The Morgan fingerprint density at radius 3 is 2.40 bits per heavy atom. The molecule has 0 amide bonds. The zero-order valence-electron chi connectivity index (χ0n) is 9.67. The molecule has 0 aliphatic heterocycles. The maximum Gasteiger partial charge on any atom is 0.0467 e. The molecule has 1 nitrogen and oxygen atoms in total. The number of hydrogen-bond acceptors (Lipinski definition) is 2. The quantitative estimate of drug-likeness (QED) is 0.811. The second-order valence-corrected chi connectivity index (χ2v) is 6.53. The number of halogens is 1. The molecule has 0 aliphatic rings. The second kappa shape index (κ2) is 4.77. The smallest absolute Gasteiger partial charge is 0.0467 e. The highest BCUT2D eigenvalue weighted by molar-refractivity contribution is 8.00. The van der Waals surface area contributed by atoms with Gasteiger partial charge in [-0.15, -0.1) is 11.8 Å². The predicted octanol–water partition coefficient (Wildman–Crippen LogP) is 4.03. The van der Waals surface area contributed by atoms with Crippen LogP contribution in [0.4, 0.5) is 0 Å². The molecule has 0 heterocycles. The van der Waals surface area contributed by atoms with Gasteiger partial charge >= 0.3 is 0 Å². The Balaban J connectivity index is 3.21.